The Morgan fingerprint density at radius 3 is 3.00 bits per heavy atom. The molecule has 21 heavy (non-hydrogen) atoms. The van der Waals surface area contributed by atoms with E-state index < -0.39 is 0 Å². The van der Waals surface area contributed by atoms with Crippen molar-refractivity contribution >= 4 is 40.2 Å². The van der Waals surface area contributed by atoms with Gasteiger partial charge in [0.05, 0.1) is 0 Å². The minimum absolute atomic E-state index is 0.00441. The molecule has 0 saturated heterocycles. The number of thioether (sulfide) groups is 1. The second-order valence-electron chi connectivity index (χ2n) is 4.69. The Balaban J connectivity index is 1.80. The topological polar surface area (TPSA) is 54.3 Å². The van der Waals surface area contributed by atoms with Crippen molar-refractivity contribution in [2.45, 2.75) is 13.0 Å². The molecule has 0 atom stereocenters. The SMILES string of the molecule is O=C(Cn1ccc2ccc(Cl)cc21)NCCSCCCO. The number of nitrogens with one attached hydrogen (secondary N) is 1. The lowest BCUT2D eigenvalue weighted by Crippen LogP contribution is -2.29. The zero-order valence-electron chi connectivity index (χ0n) is 11.7. The van der Waals surface area contributed by atoms with Crippen molar-refractivity contribution in [2.75, 3.05) is 24.7 Å². The van der Waals surface area contributed by atoms with E-state index in [2.05, 4.69) is 5.32 Å². The number of aliphatic hydroxyl groups excluding tert-OH is 1. The molecular weight excluding hydrogens is 308 g/mol. The summed E-state index contributed by atoms with van der Waals surface area (Å²) in [5.74, 6) is 1.78. The first-order valence-corrected chi connectivity index (χ1v) is 8.43. The fourth-order valence-corrected chi connectivity index (χ4v) is 2.99. The third kappa shape index (κ3) is 4.95. The van der Waals surface area contributed by atoms with E-state index in [9.17, 15) is 4.79 Å². The van der Waals surface area contributed by atoms with Crippen molar-refractivity contribution in [1.82, 2.24) is 9.88 Å². The number of aliphatic hydroxyl groups is 1. The molecule has 0 radical (unpaired) electrons. The number of carbonyl (C=O) groups is 1. The Labute approximate surface area is 133 Å². The summed E-state index contributed by atoms with van der Waals surface area (Å²) < 4.78 is 1.90. The first-order chi connectivity index (χ1) is 10.2. The average Bonchev–Trinajstić information content (AvgIpc) is 2.85. The molecule has 114 valence electrons. The van der Waals surface area contributed by atoms with Gasteiger partial charge in [-0.15, -0.1) is 0 Å². The molecule has 0 aliphatic rings. The Kier molecular flexibility index (Phi) is 6.42. The largest absolute Gasteiger partial charge is 0.396 e. The number of aromatic nitrogens is 1. The molecule has 0 fully saturated rings. The molecule has 1 amide bonds. The van der Waals surface area contributed by atoms with Gasteiger partial charge in [-0.25, -0.2) is 0 Å². The maximum absolute atomic E-state index is 11.9. The third-order valence-electron chi connectivity index (χ3n) is 3.07. The van der Waals surface area contributed by atoms with Crippen LogP contribution >= 0.6 is 23.4 Å². The molecular formula is C15H19ClN2O2S. The summed E-state index contributed by atoms with van der Waals surface area (Å²) in [5.41, 5.74) is 0.968. The highest BCUT2D eigenvalue weighted by molar-refractivity contribution is 7.99. The molecule has 2 N–H and O–H groups in total. The molecule has 0 aliphatic heterocycles. The van der Waals surface area contributed by atoms with Gasteiger partial charge in [-0.05, 0) is 35.8 Å². The minimum Gasteiger partial charge on any atom is -0.396 e. The number of rotatable bonds is 8. The van der Waals surface area contributed by atoms with Gasteiger partial charge in [0, 0.05) is 35.6 Å². The molecule has 1 heterocycles. The molecule has 2 aromatic rings. The number of halogens is 1. The maximum atomic E-state index is 11.9. The maximum Gasteiger partial charge on any atom is 0.239 e. The lowest BCUT2D eigenvalue weighted by Gasteiger charge is -2.07. The molecule has 1 aromatic heterocycles. The molecule has 6 heteroatoms. The van der Waals surface area contributed by atoms with E-state index in [0.29, 0.717) is 18.1 Å². The summed E-state index contributed by atoms with van der Waals surface area (Å²) in [5, 5.41) is 13.3. The Morgan fingerprint density at radius 1 is 1.33 bits per heavy atom. The normalized spacial score (nSPS) is 11.0. The fraction of sp³-hybridized carbons (Fsp3) is 0.400. The standard InChI is InChI=1S/C15H19ClN2O2S/c16-13-3-2-12-4-6-18(14(12)10-13)11-15(20)17-5-9-21-8-1-7-19/h2-4,6,10,19H,1,5,7-9,11H2,(H,17,20). The van der Waals surface area contributed by atoms with Crippen LogP contribution in [0.25, 0.3) is 10.9 Å². The third-order valence-corrected chi connectivity index (χ3v) is 4.37. The molecule has 0 bridgehead atoms. The number of hydrogen-bond donors (Lipinski definition) is 2. The minimum atomic E-state index is -0.00441. The smallest absolute Gasteiger partial charge is 0.239 e. The van der Waals surface area contributed by atoms with Gasteiger partial charge in [-0.1, -0.05) is 17.7 Å². The second kappa shape index (κ2) is 8.32. The number of carbonyl (C=O) groups excluding carboxylic acids is 1. The summed E-state index contributed by atoms with van der Waals surface area (Å²) >= 11 is 7.73. The van der Waals surface area contributed by atoms with E-state index in [1.54, 1.807) is 11.8 Å². The monoisotopic (exact) mass is 326 g/mol. The summed E-state index contributed by atoms with van der Waals surface area (Å²) in [7, 11) is 0. The van der Waals surface area contributed by atoms with E-state index in [4.69, 9.17) is 16.7 Å². The summed E-state index contributed by atoms with van der Waals surface area (Å²) in [6.07, 6.45) is 2.70. The van der Waals surface area contributed by atoms with Crippen molar-refractivity contribution in [3.8, 4) is 0 Å². The van der Waals surface area contributed by atoms with E-state index in [1.807, 2.05) is 35.0 Å². The zero-order valence-corrected chi connectivity index (χ0v) is 13.3. The van der Waals surface area contributed by atoms with Gasteiger partial charge >= 0.3 is 0 Å². The van der Waals surface area contributed by atoms with Crippen LogP contribution in [0.15, 0.2) is 30.5 Å². The predicted octanol–water partition coefficient (Wildman–Crippen LogP) is 2.53. The summed E-state index contributed by atoms with van der Waals surface area (Å²) in [6, 6.07) is 7.64. The number of benzene rings is 1. The highest BCUT2D eigenvalue weighted by Crippen LogP contribution is 2.20. The molecule has 2 rings (SSSR count). The molecule has 4 nitrogen and oxygen atoms in total. The van der Waals surface area contributed by atoms with E-state index in [0.717, 1.165) is 28.8 Å². The number of hydrogen-bond acceptors (Lipinski definition) is 3. The van der Waals surface area contributed by atoms with Crippen molar-refractivity contribution in [3.05, 3.63) is 35.5 Å². The van der Waals surface area contributed by atoms with Crippen LogP contribution in [0.3, 0.4) is 0 Å². The van der Waals surface area contributed by atoms with Gasteiger partial charge < -0.3 is 15.0 Å². The van der Waals surface area contributed by atoms with Crippen LogP contribution in [0.5, 0.6) is 0 Å². The van der Waals surface area contributed by atoms with Crippen LogP contribution in [0, 0.1) is 0 Å². The molecule has 0 spiro atoms. The summed E-state index contributed by atoms with van der Waals surface area (Å²) in [6.45, 7) is 1.17. The average molecular weight is 327 g/mol. The highest BCUT2D eigenvalue weighted by atomic mass is 35.5. The van der Waals surface area contributed by atoms with Gasteiger partial charge in [-0.3, -0.25) is 4.79 Å². The van der Waals surface area contributed by atoms with E-state index in [-0.39, 0.29) is 12.5 Å². The first-order valence-electron chi connectivity index (χ1n) is 6.90. The number of nitrogens with zero attached hydrogens (tertiary/aromatic N) is 1. The van der Waals surface area contributed by atoms with Crippen LogP contribution in [0.4, 0.5) is 0 Å². The van der Waals surface area contributed by atoms with Crippen molar-refractivity contribution < 1.29 is 9.90 Å². The lowest BCUT2D eigenvalue weighted by atomic mass is 10.2. The van der Waals surface area contributed by atoms with Crippen LogP contribution < -0.4 is 5.32 Å². The molecule has 1 aromatic carbocycles. The van der Waals surface area contributed by atoms with E-state index in [1.165, 1.54) is 0 Å². The van der Waals surface area contributed by atoms with Gasteiger partial charge in [0.15, 0.2) is 0 Å². The Morgan fingerprint density at radius 2 is 2.19 bits per heavy atom. The van der Waals surface area contributed by atoms with Gasteiger partial charge in [0.25, 0.3) is 0 Å². The quantitative estimate of drug-likeness (QED) is 0.733. The molecule has 0 unspecified atom stereocenters. The number of fused-ring (bicyclic) bond motifs is 1. The lowest BCUT2D eigenvalue weighted by molar-refractivity contribution is -0.121. The van der Waals surface area contributed by atoms with E-state index >= 15 is 0 Å². The van der Waals surface area contributed by atoms with Crippen LogP contribution in [-0.4, -0.2) is 40.2 Å². The van der Waals surface area contributed by atoms with Crippen LogP contribution in [0.1, 0.15) is 6.42 Å². The van der Waals surface area contributed by atoms with Crippen LogP contribution in [0.2, 0.25) is 5.02 Å². The molecule has 0 aliphatic carbocycles. The second-order valence-corrected chi connectivity index (χ2v) is 6.35. The van der Waals surface area contributed by atoms with Gasteiger partial charge in [0.2, 0.25) is 5.91 Å². The first kappa shape index (κ1) is 16.2. The molecule has 0 saturated carbocycles. The zero-order chi connectivity index (χ0) is 15.1. The Hall–Kier alpha value is -1.17. The Bertz CT molecular complexity index is 600. The van der Waals surface area contributed by atoms with Crippen molar-refractivity contribution in [1.29, 1.82) is 0 Å². The van der Waals surface area contributed by atoms with Crippen LogP contribution in [-0.2, 0) is 11.3 Å². The van der Waals surface area contributed by atoms with Crippen molar-refractivity contribution in [3.63, 3.8) is 0 Å². The van der Waals surface area contributed by atoms with Gasteiger partial charge in [0.1, 0.15) is 6.54 Å². The number of amides is 1. The predicted molar refractivity (Wildman–Crippen MR) is 89.0 cm³/mol. The van der Waals surface area contributed by atoms with Crippen molar-refractivity contribution in [2.24, 2.45) is 0 Å². The fourth-order valence-electron chi connectivity index (χ4n) is 2.04. The summed E-state index contributed by atoms with van der Waals surface area (Å²) in [4.78, 5) is 11.9. The van der Waals surface area contributed by atoms with Gasteiger partial charge in [-0.2, -0.15) is 11.8 Å². The highest BCUT2D eigenvalue weighted by Gasteiger charge is 2.06.